The molecule has 0 amide bonds. The molecule has 1 rings (SSSR count). The van der Waals surface area contributed by atoms with E-state index in [0.29, 0.717) is 24.2 Å². The fourth-order valence-electron chi connectivity index (χ4n) is 1.45. The predicted molar refractivity (Wildman–Crippen MR) is 72.2 cm³/mol. The molecule has 0 N–H and O–H groups in total. The maximum Gasteiger partial charge on any atom is 0.221 e. The summed E-state index contributed by atoms with van der Waals surface area (Å²) in [5, 5.41) is 0.471. The van der Waals surface area contributed by atoms with Crippen LogP contribution in [0.4, 0.5) is 0 Å². The lowest BCUT2D eigenvalue weighted by atomic mass is 10.2. The Morgan fingerprint density at radius 2 is 1.94 bits per heavy atom. The van der Waals surface area contributed by atoms with Crippen molar-refractivity contribution >= 4 is 11.6 Å². The summed E-state index contributed by atoms with van der Waals surface area (Å²) in [6.07, 6.45) is 3.21. The molecule has 0 aliphatic heterocycles. The minimum absolute atomic E-state index is 0.154. The van der Waals surface area contributed by atoms with Gasteiger partial charge in [0.1, 0.15) is 18.1 Å². The van der Waals surface area contributed by atoms with Crippen LogP contribution in [0.5, 0.6) is 5.88 Å². The molecule has 0 radical (unpaired) electrons. The Bertz CT molecular complexity index is 378. The third-order valence-corrected chi connectivity index (χ3v) is 2.54. The van der Waals surface area contributed by atoms with Crippen molar-refractivity contribution in [2.24, 2.45) is 0 Å². The summed E-state index contributed by atoms with van der Waals surface area (Å²) in [5.74, 6) is 0.564. The van der Waals surface area contributed by atoms with E-state index in [4.69, 9.17) is 21.1 Å². The summed E-state index contributed by atoms with van der Waals surface area (Å²) in [7, 11) is 0. The highest BCUT2D eigenvalue weighted by Gasteiger charge is 2.12. The summed E-state index contributed by atoms with van der Waals surface area (Å²) in [6, 6.07) is 0. The number of hydrogen-bond acceptors (Lipinski definition) is 4. The second-order valence-electron chi connectivity index (χ2n) is 5.01. The lowest BCUT2D eigenvalue weighted by Crippen LogP contribution is -2.22. The van der Waals surface area contributed by atoms with Gasteiger partial charge >= 0.3 is 0 Å². The number of nitrogens with zero attached hydrogens (tertiary/aromatic N) is 2. The maximum atomic E-state index is 6.03. The van der Waals surface area contributed by atoms with E-state index in [9.17, 15) is 0 Å². The zero-order valence-corrected chi connectivity index (χ0v) is 12.3. The van der Waals surface area contributed by atoms with Gasteiger partial charge in [-0.15, -0.1) is 0 Å². The van der Waals surface area contributed by atoms with Gasteiger partial charge in [0.15, 0.2) is 0 Å². The summed E-state index contributed by atoms with van der Waals surface area (Å²) in [4.78, 5) is 8.09. The third-order valence-electron chi connectivity index (χ3n) is 2.21. The monoisotopic (exact) mass is 272 g/mol. The smallest absolute Gasteiger partial charge is 0.221 e. The molecule has 4 nitrogen and oxygen atoms in total. The molecule has 0 spiro atoms. The highest BCUT2D eigenvalue weighted by Crippen LogP contribution is 2.23. The van der Waals surface area contributed by atoms with Gasteiger partial charge < -0.3 is 9.47 Å². The molecule has 1 aromatic heterocycles. The molecule has 0 atom stereocenters. The molecule has 102 valence electrons. The van der Waals surface area contributed by atoms with E-state index in [2.05, 4.69) is 16.9 Å². The van der Waals surface area contributed by atoms with Gasteiger partial charge in [0.25, 0.3) is 0 Å². The minimum Gasteiger partial charge on any atom is -0.475 e. The number of halogens is 1. The molecular weight excluding hydrogens is 252 g/mol. The second kappa shape index (κ2) is 6.90. The molecule has 1 heterocycles. The van der Waals surface area contributed by atoms with E-state index in [1.165, 1.54) is 6.33 Å². The largest absolute Gasteiger partial charge is 0.475 e. The molecule has 0 unspecified atom stereocenters. The Labute approximate surface area is 114 Å². The van der Waals surface area contributed by atoms with Crippen molar-refractivity contribution in [3.05, 3.63) is 17.0 Å². The SMILES string of the molecule is CCCc1c(Cl)ncnc1OCCOC(C)(C)C. The Morgan fingerprint density at radius 3 is 2.56 bits per heavy atom. The van der Waals surface area contributed by atoms with Crippen LogP contribution in [-0.2, 0) is 11.2 Å². The van der Waals surface area contributed by atoms with Crippen LogP contribution in [0.25, 0.3) is 0 Å². The molecule has 5 heteroatoms. The van der Waals surface area contributed by atoms with Gasteiger partial charge in [-0.2, -0.15) is 0 Å². The van der Waals surface area contributed by atoms with Gasteiger partial charge in [0.05, 0.1) is 17.8 Å². The van der Waals surface area contributed by atoms with E-state index in [0.717, 1.165) is 18.4 Å². The standard InChI is InChI=1S/C13H21ClN2O2/c1-5-6-10-11(14)15-9-16-12(10)17-7-8-18-13(2,3)4/h9H,5-8H2,1-4H3. The molecule has 0 saturated heterocycles. The fraction of sp³-hybridized carbons (Fsp3) is 0.692. The first-order valence-electron chi connectivity index (χ1n) is 6.20. The Hall–Kier alpha value is -0.870. The Kier molecular flexibility index (Phi) is 5.82. The van der Waals surface area contributed by atoms with Crippen molar-refractivity contribution in [1.82, 2.24) is 9.97 Å². The quantitative estimate of drug-likeness (QED) is 0.589. The van der Waals surface area contributed by atoms with E-state index in [-0.39, 0.29) is 5.60 Å². The average Bonchev–Trinajstić information content (AvgIpc) is 2.27. The molecular formula is C13H21ClN2O2. The highest BCUT2D eigenvalue weighted by atomic mass is 35.5. The van der Waals surface area contributed by atoms with Crippen LogP contribution in [-0.4, -0.2) is 28.8 Å². The van der Waals surface area contributed by atoms with Crippen molar-refractivity contribution in [3.63, 3.8) is 0 Å². The second-order valence-corrected chi connectivity index (χ2v) is 5.37. The number of aromatic nitrogens is 2. The van der Waals surface area contributed by atoms with Crippen LogP contribution in [0.1, 0.15) is 39.7 Å². The van der Waals surface area contributed by atoms with Gasteiger partial charge in [0, 0.05) is 0 Å². The zero-order chi connectivity index (χ0) is 13.6. The molecule has 0 aromatic carbocycles. The van der Waals surface area contributed by atoms with Gasteiger partial charge in [0.2, 0.25) is 5.88 Å². The minimum atomic E-state index is -0.154. The predicted octanol–water partition coefficient (Wildman–Crippen LogP) is 3.28. The van der Waals surface area contributed by atoms with E-state index in [1.54, 1.807) is 0 Å². The van der Waals surface area contributed by atoms with Crippen LogP contribution < -0.4 is 4.74 Å². The normalized spacial score (nSPS) is 11.6. The molecule has 18 heavy (non-hydrogen) atoms. The van der Waals surface area contributed by atoms with Gasteiger partial charge in [-0.25, -0.2) is 9.97 Å². The molecule has 1 aromatic rings. The molecule has 0 aliphatic carbocycles. The lowest BCUT2D eigenvalue weighted by Gasteiger charge is -2.19. The van der Waals surface area contributed by atoms with Crippen LogP contribution in [0, 0.1) is 0 Å². The van der Waals surface area contributed by atoms with Crippen molar-refractivity contribution in [2.45, 2.75) is 46.1 Å². The van der Waals surface area contributed by atoms with E-state index in [1.807, 2.05) is 20.8 Å². The molecule has 0 saturated carbocycles. The van der Waals surface area contributed by atoms with E-state index >= 15 is 0 Å². The van der Waals surface area contributed by atoms with Crippen molar-refractivity contribution in [2.75, 3.05) is 13.2 Å². The third kappa shape index (κ3) is 5.19. The Morgan fingerprint density at radius 1 is 1.22 bits per heavy atom. The van der Waals surface area contributed by atoms with Gasteiger partial charge in [-0.1, -0.05) is 24.9 Å². The lowest BCUT2D eigenvalue weighted by molar-refractivity contribution is -0.0169. The molecule has 0 bridgehead atoms. The number of ether oxygens (including phenoxy) is 2. The summed E-state index contributed by atoms with van der Waals surface area (Å²) in [6.45, 7) is 9.10. The summed E-state index contributed by atoms with van der Waals surface area (Å²) in [5.41, 5.74) is 0.719. The first-order valence-corrected chi connectivity index (χ1v) is 6.58. The molecule has 0 aliphatic rings. The van der Waals surface area contributed by atoms with Crippen LogP contribution in [0.2, 0.25) is 5.15 Å². The topological polar surface area (TPSA) is 44.2 Å². The first-order chi connectivity index (χ1) is 8.44. The Balaban J connectivity index is 2.54. The molecule has 0 fully saturated rings. The van der Waals surface area contributed by atoms with Crippen LogP contribution in [0.15, 0.2) is 6.33 Å². The number of rotatable bonds is 6. The highest BCUT2D eigenvalue weighted by molar-refractivity contribution is 6.30. The van der Waals surface area contributed by atoms with Gasteiger partial charge in [-0.3, -0.25) is 0 Å². The zero-order valence-electron chi connectivity index (χ0n) is 11.5. The first kappa shape index (κ1) is 15.2. The van der Waals surface area contributed by atoms with Crippen molar-refractivity contribution < 1.29 is 9.47 Å². The van der Waals surface area contributed by atoms with E-state index < -0.39 is 0 Å². The fourth-order valence-corrected chi connectivity index (χ4v) is 1.67. The van der Waals surface area contributed by atoms with Crippen LogP contribution >= 0.6 is 11.6 Å². The summed E-state index contributed by atoms with van der Waals surface area (Å²) < 4.78 is 11.2. The van der Waals surface area contributed by atoms with Crippen molar-refractivity contribution in [3.8, 4) is 5.88 Å². The van der Waals surface area contributed by atoms with Crippen molar-refractivity contribution in [1.29, 1.82) is 0 Å². The van der Waals surface area contributed by atoms with Gasteiger partial charge in [-0.05, 0) is 27.2 Å². The summed E-state index contributed by atoms with van der Waals surface area (Å²) >= 11 is 6.03. The average molecular weight is 273 g/mol. The van der Waals surface area contributed by atoms with Crippen LogP contribution in [0.3, 0.4) is 0 Å². The maximum absolute atomic E-state index is 6.03. The number of hydrogen-bond donors (Lipinski definition) is 0.